The number of nitrogens with one attached hydrogen (secondary N) is 2. The lowest BCUT2D eigenvalue weighted by molar-refractivity contribution is -0.0914. The zero-order valence-electron chi connectivity index (χ0n) is 12.2. The third-order valence-corrected chi connectivity index (χ3v) is 4.27. The molecule has 1 aromatic rings. The fourth-order valence-electron chi connectivity index (χ4n) is 1.68. The second kappa shape index (κ2) is 7.58. The van der Waals surface area contributed by atoms with Crippen LogP contribution in [0.1, 0.15) is 13.8 Å². The van der Waals surface area contributed by atoms with E-state index in [0.717, 1.165) is 0 Å². The van der Waals surface area contributed by atoms with Crippen LogP contribution in [0.2, 0.25) is 0 Å². The Kier molecular flexibility index (Phi) is 6.41. The summed E-state index contributed by atoms with van der Waals surface area (Å²) in [7, 11) is -0.492. The number of hydrogen-bond donors (Lipinski definition) is 2. The van der Waals surface area contributed by atoms with Gasteiger partial charge in [-0.3, -0.25) is 0 Å². The molecule has 0 aliphatic rings. The molecule has 0 radical (unpaired) electrons. The highest BCUT2D eigenvalue weighted by atomic mass is 32.2. The van der Waals surface area contributed by atoms with Crippen molar-refractivity contribution < 1.29 is 17.9 Å². The molecule has 0 spiro atoms. The van der Waals surface area contributed by atoms with Crippen LogP contribution < -0.4 is 10.0 Å². The third-order valence-electron chi connectivity index (χ3n) is 2.55. The predicted octanol–water partition coefficient (Wildman–Crippen LogP) is 1.40. The lowest BCUT2D eigenvalue weighted by Gasteiger charge is -2.18. The number of ether oxygens (including phenoxy) is 2. The molecule has 0 aliphatic carbocycles. The number of rotatable bonds is 8. The van der Waals surface area contributed by atoms with Gasteiger partial charge in [-0.1, -0.05) is 12.1 Å². The quantitative estimate of drug-likeness (QED) is 0.710. The lowest BCUT2D eigenvalue weighted by Crippen LogP contribution is -2.31. The summed E-state index contributed by atoms with van der Waals surface area (Å²) in [5.74, 6) is 0. The first kappa shape index (κ1) is 16.9. The van der Waals surface area contributed by atoms with Crippen LogP contribution in [0.4, 0.5) is 5.69 Å². The van der Waals surface area contributed by atoms with Crippen LogP contribution in [0.3, 0.4) is 0 Å². The molecule has 114 valence electrons. The molecule has 0 fully saturated rings. The monoisotopic (exact) mass is 302 g/mol. The van der Waals surface area contributed by atoms with Gasteiger partial charge in [0.25, 0.3) is 0 Å². The van der Waals surface area contributed by atoms with E-state index in [-0.39, 0.29) is 10.9 Å². The van der Waals surface area contributed by atoms with Crippen molar-refractivity contribution in [2.24, 2.45) is 0 Å². The molecule has 0 aliphatic heterocycles. The smallest absolute Gasteiger partial charge is 0.242 e. The van der Waals surface area contributed by atoms with Gasteiger partial charge in [-0.15, -0.1) is 0 Å². The first-order valence-electron chi connectivity index (χ1n) is 6.31. The van der Waals surface area contributed by atoms with Crippen LogP contribution in [0.15, 0.2) is 29.2 Å². The Labute approximate surface area is 120 Å². The Balaban J connectivity index is 2.94. The number of para-hydroxylation sites is 1. The molecule has 0 unspecified atom stereocenters. The van der Waals surface area contributed by atoms with Gasteiger partial charge >= 0.3 is 0 Å². The summed E-state index contributed by atoms with van der Waals surface area (Å²) in [6, 6.07) is 6.55. The summed E-state index contributed by atoms with van der Waals surface area (Å²) in [5, 5.41) is 3.03. The highest BCUT2D eigenvalue weighted by Gasteiger charge is 2.19. The zero-order valence-corrected chi connectivity index (χ0v) is 13.0. The molecule has 0 atom stereocenters. The first-order chi connectivity index (χ1) is 9.40. The van der Waals surface area contributed by atoms with Gasteiger partial charge < -0.3 is 14.8 Å². The molecule has 1 rings (SSSR count). The van der Waals surface area contributed by atoms with Crippen molar-refractivity contribution in [3.63, 3.8) is 0 Å². The summed E-state index contributed by atoms with van der Waals surface area (Å²) in [6.07, 6.45) is -0.441. The van der Waals surface area contributed by atoms with Crippen molar-refractivity contribution in [3.05, 3.63) is 24.3 Å². The highest BCUT2D eigenvalue weighted by Crippen LogP contribution is 2.21. The van der Waals surface area contributed by atoms with Crippen LogP contribution in [-0.4, -0.2) is 41.5 Å². The number of anilines is 1. The van der Waals surface area contributed by atoms with E-state index in [1.165, 1.54) is 14.2 Å². The lowest BCUT2D eigenvalue weighted by atomic mass is 10.3. The van der Waals surface area contributed by atoms with E-state index >= 15 is 0 Å². The Morgan fingerprint density at radius 3 is 2.30 bits per heavy atom. The van der Waals surface area contributed by atoms with Crippen LogP contribution in [0.25, 0.3) is 0 Å². The molecule has 0 amide bonds. The number of benzene rings is 1. The van der Waals surface area contributed by atoms with Crippen molar-refractivity contribution in [1.29, 1.82) is 0 Å². The SMILES string of the molecule is COC(CNc1ccccc1S(=O)(=O)NC(C)C)OC. The minimum Gasteiger partial charge on any atom is -0.379 e. The molecular formula is C13H22N2O4S. The topological polar surface area (TPSA) is 76.7 Å². The van der Waals surface area contributed by atoms with Crippen molar-refractivity contribution in [2.75, 3.05) is 26.1 Å². The van der Waals surface area contributed by atoms with Gasteiger partial charge in [-0.25, -0.2) is 13.1 Å². The standard InChI is InChI=1S/C13H22N2O4S/c1-10(2)15-20(16,17)12-8-6-5-7-11(12)14-9-13(18-3)19-4/h5-8,10,13-15H,9H2,1-4H3. The van der Waals surface area contributed by atoms with Gasteiger partial charge in [0.15, 0.2) is 6.29 Å². The molecule has 7 heteroatoms. The zero-order chi connectivity index (χ0) is 15.2. The second-order valence-corrected chi connectivity index (χ2v) is 6.24. The summed E-state index contributed by atoms with van der Waals surface area (Å²) < 4.78 is 37.2. The molecule has 1 aromatic carbocycles. The van der Waals surface area contributed by atoms with Crippen LogP contribution in [0, 0.1) is 0 Å². The normalized spacial score (nSPS) is 12.1. The maximum atomic E-state index is 12.2. The Morgan fingerprint density at radius 1 is 1.15 bits per heavy atom. The number of hydrogen-bond acceptors (Lipinski definition) is 5. The van der Waals surface area contributed by atoms with Crippen LogP contribution in [-0.2, 0) is 19.5 Å². The minimum atomic E-state index is -3.55. The fraction of sp³-hybridized carbons (Fsp3) is 0.538. The third kappa shape index (κ3) is 4.75. The van der Waals surface area contributed by atoms with Crippen molar-refractivity contribution in [1.82, 2.24) is 4.72 Å². The van der Waals surface area contributed by atoms with Crippen molar-refractivity contribution in [3.8, 4) is 0 Å². The first-order valence-corrected chi connectivity index (χ1v) is 7.80. The summed E-state index contributed by atoms with van der Waals surface area (Å²) in [6.45, 7) is 3.90. The van der Waals surface area contributed by atoms with Crippen LogP contribution >= 0.6 is 0 Å². The molecule has 0 bridgehead atoms. The van der Waals surface area contributed by atoms with Gasteiger partial charge in [-0.2, -0.15) is 0 Å². The Hall–Kier alpha value is -1.15. The Morgan fingerprint density at radius 2 is 1.75 bits per heavy atom. The average molecular weight is 302 g/mol. The summed E-state index contributed by atoms with van der Waals surface area (Å²) in [4.78, 5) is 0.208. The van der Waals surface area contributed by atoms with Gasteiger partial charge in [0.05, 0.1) is 12.2 Å². The van der Waals surface area contributed by atoms with E-state index in [4.69, 9.17) is 9.47 Å². The average Bonchev–Trinajstić information content (AvgIpc) is 2.39. The number of methoxy groups -OCH3 is 2. The second-order valence-electron chi connectivity index (χ2n) is 4.55. The summed E-state index contributed by atoms with van der Waals surface area (Å²) in [5.41, 5.74) is 0.514. The molecule has 6 nitrogen and oxygen atoms in total. The maximum Gasteiger partial charge on any atom is 0.242 e. The van der Waals surface area contributed by atoms with Crippen LogP contribution in [0.5, 0.6) is 0 Å². The largest absolute Gasteiger partial charge is 0.379 e. The molecule has 2 N–H and O–H groups in total. The van der Waals surface area contributed by atoms with E-state index < -0.39 is 16.3 Å². The molecule has 0 heterocycles. The minimum absolute atomic E-state index is 0.168. The van der Waals surface area contributed by atoms with Gasteiger partial charge in [0.2, 0.25) is 10.0 Å². The Bertz CT molecular complexity index is 513. The summed E-state index contributed by atoms with van der Waals surface area (Å²) >= 11 is 0. The van der Waals surface area contributed by atoms with E-state index in [1.807, 2.05) is 0 Å². The molecule has 0 saturated carbocycles. The molecular weight excluding hydrogens is 280 g/mol. The maximum absolute atomic E-state index is 12.2. The highest BCUT2D eigenvalue weighted by molar-refractivity contribution is 7.89. The van der Waals surface area contributed by atoms with E-state index in [9.17, 15) is 8.42 Å². The molecule has 0 saturated heterocycles. The van der Waals surface area contributed by atoms with Crippen molar-refractivity contribution >= 4 is 15.7 Å². The van der Waals surface area contributed by atoms with Gasteiger partial charge in [0.1, 0.15) is 4.90 Å². The van der Waals surface area contributed by atoms with Crippen molar-refractivity contribution in [2.45, 2.75) is 31.1 Å². The fourth-order valence-corrected chi connectivity index (χ4v) is 3.11. The van der Waals surface area contributed by atoms with Gasteiger partial charge in [0, 0.05) is 20.3 Å². The van der Waals surface area contributed by atoms with E-state index in [0.29, 0.717) is 12.2 Å². The van der Waals surface area contributed by atoms with E-state index in [1.54, 1.807) is 38.1 Å². The van der Waals surface area contributed by atoms with Gasteiger partial charge in [-0.05, 0) is 26.0 Å². The van der Waals surface area contributed by atoms with E-state index in [2.05, 4.69) is 10.0 Å². The molecule has 20 heavy (non-hydrogen) atoms. The predicted molar refractivity (Wildman–Crippen MR) is 78.2 cm³/mol. The number of sulfonamides is 1. The molecule has 0 aromatic heterocycles.